The molecule has 114 valence electrons. The van der Waals surface area contributed by atoms with Crippen molar-refractivity contribution in [2.75, 3.05) is 6.61 Å². The first-order chi connectivity index (χ1) is 8.83. The Hall–Kier alpha value is -0.120. The van der Waals surface area contributed by atoms with Gasteiger partial charge in [0.2, 0.25) is 0 Å². The maximum atomic E-state index is 6.19. The Bertz CT molecular complexity index is 252. The summed E-state index contributed by atoms with van der Waals surface area (Å²) in [6.45, 7) is 12.1. The molecule has 1 atom stereocenters. The van der Waals surface area contributed by atoms with Crippen LogP contribution in [0.2, 0.25) is 0 Å². The van der Waals surface area contributed by atoms with Crippen LogP contribution in [-0.2, 0) is 4.74 Å². The van der Waals surface area contributed by atoms with Crippen LogP contribution >= 0.6 is 0 Å². The largest absolute Gasteiger partial charge is 0.374 e. The Kier molecular flexibility index (Phi) is 6.28. The van der Waals surface area contributed by atoms with E-state index in [0.29, 0.717) is 5.41 Å². The quantitative estimate of drug-likeness (QED) is 0.572. The van der Waals surface area contributed by atoms with Gasteiger partial charge in [-0.05, 0) is 56.8 Å². The maximum Gasteiger partial charge on any atom is 0.0848 e. The minimum Gasteiger partial charge on any atom is -0.374 e. The van der Waals surface area contributed by atoms with Crippen LogP contribution in [0, 0.1) is 11.3 Å². The van der Waals surface area contributed by atoms with Gasteiger partial charge in [-0.25, -0.2) is 0 Å². The lowest BCUT2D eigenvalue weighted by Crippen LogP contribution is -2.56. The minimum atomic E-state index is -0.0404. The van der Waals surface area contributed by atoms with Crippen LogP contribution in [0.15, 0.2) is 0 Å². The monoisotopic (exact) mass is 270 g/mol. The summed E-state index contributed by atoms with van der Waals surface area (Å²) >= 11 is 0. The highest BCUT2D eigenvalue weighted by atomic mass is 16.5. The molecule has 0 amide bonds. The number of nitrogens with two attached hydrogens (primary N) is 1. The fourth-order valence-corrected chi connectivity index (χ4v) is 3.21. The van der Waals surface area contributed by atoms with Gasteiger partial charge in [0.05, 0.1) is 11.6 Å². The first-order valence-corrected chi connectivity index (χ1v) is 7.93. The van der Waals surface area contributed by atoms with Gasteiger partial charge in [-0.1, -0.05) is 27.7 Å². The van der Waals surface area contributed by atoms with Crippen molar-refractivity contribution in [1.82, 2.24) is 5.43 Å². The van der Waals surface area contributed by atoms with E-state index in [4.69, 9.17) is 10.6 Å². The van der Waals surface area contributed by atoms with Crippen LogP contribution < -0.4 is 11.3 Å². The lowest BCUT2D eigenvalue weighted by atomic mass is 9.73. The standard InChI is InChI=1S/C16H34N2O/c1-6-19-16(11-7-13(2)8-12-16)14(18-17)9-10-15(3,4)5/h13-14,18H,6-12,17H2,1-5H3. The maximum absolute atomic E-state index is 6.19. The molecule has 0 heterocycles. The van der Waals surface area contributed by atoms with Gasteiger partial charge in [0, 0.05) is 6.61 Å². The SMILES string of the molecule is CCOC1(C(CCC(C)(C)C)NN)CCC(C)CC1. The first kappa shape index (κ1) is 16.9. The Morgan fingerprint density at radius 3 is 2.32 bits per heavy atom. The summed E-state index contributed by atoms with van der Waals surface area (Å²) in [4.78, 5) is 0. The molecule has 3 N–H and O–H groups in total. The predicted octanol–water partition coefficient (Wildman–Crippen LogP) is 3.63. The lowest BCUT2D eigenvalue weighted by Gasteiger charge is -2.45. The minimum absolute atomic E-state index is 0.0404. The molecule has 1 saturated carbocycles. The molecule has 0 spiro atoms. The van der Waals surface area contributed by atoms with E-state index in [1.54, 1.807) is 0 Å². The Labute approximate surface area is 119 Å². The normalized spacial score (nSPS) is 30.3. The van der Waals surface area contributed by atoms with Gasteiger partial charge in [-0.2, -0.15) is 0 Å². The third-order valence-electron chi connectivity index (χ3n) is 4.57. The molecular formula is C16H34N2O. The van der Waals surface area contributed by atoms with Crippen LogP contribution in [0.3, 0.4) is 0 Å². The van der Waals surface area contributed by atoms with E-state index in [0.717, 1.165) is 31.8 Å². The first-order valence-electron chi connectivity index (χ1n) is 7.93. The summed E-state index contributed by atoms with van der Waals surface area (Å²) in [5.41, 5.74) is 3.37. The molecular weight excluding hydrogens is 236 g/mol. The molecule has 1 aliphatic carbocycles. The van der Waals surface area contributed by atoms with Crippen LogP contribution in [0.4, 0.5) is 0 Å². The van der Waals surface area contributed by atoms with Crippen molar-refractivity contribution >= 4 is 0 Å². The van der Waals surface area contributed by atoms with Crippen molar-refractivity contribution < 1.29 is 4.74 Å². The molecule has 0 aliphatic heterocycles. The highest BCUT2D eigenvalue weighted by Gasteiger charge is 2.41. The topological polar surface area (TPSA) is 47.3 Å². The predicted molar refractivity (Wildman–Crippen MR) is 81.8 cm³/mol. The molecule has 0 saturated heterocycles. The average Bonchev–Trinajstić information content (AvgIpc) is 2.32. The number of hydrazine groups is 1. The Morgan fingerprint density at radius 1 is 1.32 bits per heavy atom. The summed E-state index contributed by atoms with van der Waals surface area (Å²) in [5.74, 6) is 6.68. The van der Waals surface area contributed by atoms with Gasteiger partial charge in [0.15, 0.2) is 0 Å². The molecule has 1 rings (SSSR count). The molecule has 1 aliphatic rings. The Balaban J connectivity index is 2.71. The molecule has 19 heavy (non-hydrogen) atoms. The molecule has 0 radical (unpaired) electrons. The van der Waals surface area contributed by atoms with Crippen LogP contribution in [-0.4, -0.2) is 18.2 Å². The Morgan fingerprint density at radius 2 is 1.89 bits per heavy atom. The fourth-order valence-electron chi connectivity index (χ4n) is 3.21. The highest BCUT2D eigenvalue weighted by Crippen LogP contribution is 2.39. The molecule has 0 aromatic carbocycles. The van der Waals surface area contributed by atoms with Crippen molar-refractivity contribution in [1.29, 1.82) is 0 Å². The number of ether oxygens (including phenoxy) is 1. The average molecular weight is 270 g/mol. The number of hydrogen-bond acceptors (Lipinski definition) is 3. The van der Waals surface area contributed by atoms with Gasteiger partial charge >= 0.3 is 0 Å². The van der Waals surface area contributed by atoms with Crippen LogP contribution in [0.5, 0.6) is 0 Å². The third-order valence-corrected chi connectivity index (χ3v) is 4.57. The van der Waals surface area contributed by atoms with Crippen molar-refractivity contribution in [2.45, 2.75) is 84.8 Å². The highest BCUT2D eigenvalue weighted by molar-refractivity contribution is 4.96. The summed E-state index contributed by atoms with van der Waals surface area (Å²) in [5, 5.41) is 0. The number of nitrogens with one attached hydrogen (secondary N) is 1. The number of hydrogen-bond donors (Lipinski definition) is 2. The summed E-state index contributed by atoms with van der Waals surface area (Å²) in [6, 6.07) is 0.277. The van der Waals surface area contributed by atoms with E-state index in [1.165, 1.54) is 19.3 Å². The zero-order valence-corrected chi connectivity index (χ0v) is 13.6. The van der Waals surface area contributed by atoms with Gasteiger partial charge < -0.3 is 4.74 Å². The second-order valence-corrected chi connectivity index (χ2v) is 7.50. The molecule has 3 nitrogen and oxygen atoms in total. The van der Waals surface area contributed by atoms with E-state index in [9.17, 15) is 0 Å². The van der Waals surface area contributed by atoms with Crippen LogP contribution in [0.25, 0.3) is 0 Å². The molecule has 0 aromatic rings. The van der Waals surface area contributed by atoms with Gasteiger partial charge in [-0.3, -0.25) is 11.3 Å². The molecule has 1 unspecified atom stereocenters. The van der Waals surface area contributed by atoms with Gasteiger partial charge in [0.25, 0.3) is 0 Å². The molecule has 0 aromatic heterocycles. The van der Waals surface area contributed by atoms with Crippen molar-refractivity contribution in [3.63, 3.8) is 0 Å². The summed E-state index contributed by atoms with van der Waals surface area (Å²) in [6.07, 6.45) is 7.06. The molecule has 1 fully saturated rings. The molecule has 3 heteroatoms. The third kappa shape index (κ3) is 5.05. The van der Waals surface area contributed by atoms with Crippen LogP contribution in [0.1, 0.15) is 73.1 Å². The van der Waals surface area contributed by atoms with Crippen molar-refractivity contribution in [3.8, 4) is 0 Å². The van der Waals surface area contributed by atoms with Gasteiger partial charge in [-0.15, -0.1) is 0 Å². The zero-order chi connectivity index (χ0) is 14.5. The van der Waals surface area contributed by atoms with E-state index >= 15 is 0 Å². The smallest absolute Gasteiger partial charge is 0.0848 e. The van der Waals surface area contributed by atoms with E-state index in [2.05, 4.69) is 40.0 Å². The zero-order valence-electron chi connectivity index (χ0n) is 13.6. The second-order valence-electron chi connectivity index (χ2n) is 7.50. The van der Waals surface area contributed by atoms with E-state index in [-0.39, 0.29) is 11.6 Å². The van der Waals surface area contributed by atoms with Crippen molar-refractivity contribution in [3.05, 3.63) is 0 Å². The summed E-state index contributed by atoms with van der Waals surface area (Å²) in [7, 11) is 0. The second kappa shape index (κ2) is 7.05. The molecule has 0 bridgehead atoms. The lowest BCUT2D eigenvalue weighted by molar-refractivity contribution is -0.0992. The van der Waals surface area contributed by atoms with E-state index < -0.39 is 0 Å². The van der Waals surface area contributed by atoms with Crippen molar-refractivity contribution in [2.24, 2.45) is 17.2 Å². The van der Waals surface area contributed by atoms with Gasteiger partial charge in [0.1, 0.15) is 0 Å². The van der Waals surface area contributed by atoms with E-state index in [1.807, 2.05) is 0 Å². The summed E-state index contributed by atoms with van der Waals surface area (Å²) < 4.78 is 6.19. The number of rotatable bonds is 6. The fraction of sp³-hybridized carbons (Fsp3) is 1.00.